The molecule has 17 heavy (non-hydrogen) atoms. The van der Waals surface area contributed by atoms with E-state index in [4.69, 9.17) is 0 Å². The molecule has 4 nitrogen and oxygen atoms in total. The van der Waals surface area contributed by atoms with Crippen LogP contribution in [-0.2, 0) is 16.0 Å². The number of hydrogen-bond donors (Lipinski definition) is 3. The molecule has 0 aliphatic heterocycles. The highest BCUT2D eigenvalue weighted by Crippen LogP contribution is 2.07. The lowest BCUT2D eigenvalue weighted by Gasteiger charge is -2.05. The Hall–Kier alpha value is -1.49. The van der Waals surface area contributed by atoms with Gasteiger partial charge in [-0.3, -0.25) is 9.59 Å². The van der Waals surface area contributed by atoms with Crippen molar-refractivity contribution in [3.63, 3.8) is 0 Å². The van der Waals surface area contributed by atoms with Crippen LogP contribution in [0.2, 0.25) is 0 Å². The van der Waals surface area contributed by atoms with Crippen molar-refractivity contribution in [3.05, 3.63) is 29.8 Å². The van der Waals surface area contributed by atoms with Crippen molar-refractivity contribution in [1.82, 2.24) is 10.6 Å². The van der Waals surface area contributed by atoms with Gasteiger partial charge >= 0.3 is 0 Å². The fraction of sp³-hybridized carbons (Fsp3) is 0.333. The van der Waals surface area contributed by atoms with Crippen molar-refractivity contribution in [3.8, 4) is 0 Å². The Morgan fingerprint density at radius 2 is 1.82 bits per heavy atom. The summed E-state index contributed by atoms with van der Waals surface area (Å²) in [6.07, 6.45) is 0.625. The van der Waals surface area contributed by atoms with Gasteiger partial charge in [0.15, 0.2) is 0 Å². The summed E-state index contributed by atoms with van der Waals surface area (Å²) in [5.74, 6) is -0.162. The van der Waals surface area contributed by atoms with Crippen LogP contribution in [0.5, 0.6) is 0 Å². The lowest BCUT2D eigenvalue weighted by molar-refractivity contribution is -0.121. The second-order valence-electron chi connectivity index (χ2n) is 3.62. The molecule has 0 saturated carbocycles. The van der Waals surface area contributed by atoms with Crippen LogP contribution in [0.15, 0.2) is 29.2 Å². The summed E-state index contributed by atoms with van der Waals surface area (Å²) in [4.78, 5) is 23.3. The molecule has 0 bridgehead atoms. The Morgan fingerprint density at radius 3 is 2.41 bits per heavy atom. The first-order chi connectivity index (χ1) is 8.11. The minimum Gasteiger partial charge on any atom is -0.359 e. The maximum Gasteiger partial charge on any atom is 0.224 e. The average molecular weight is 252 g/mol. The van der Waals surface area contributed by atoms with Crippen molar-refractivity contribution in [2.75, 3.05) is 13.6 Å². The minimum atomic E-state index is -0.0826. The van der Waals surface area contributed by atoms with E-state index in [-0.39, 0.29) is 11.8 Å². The second-order valence-corrected chi connectivity index (χ2v) is 4.13. The third kappa shape index (κ3) is 5.40. The highest BCUT2D eigenvalue weighted by molar-refractivity contribution is 7.80. The predicted octanol–water partition coefficient (Wildman–Crippen LogP) is 0.770. The van der Waals surface area contributed by atoms with Crippen molar-refractivity contribution >= 4 is 24.4 Å². The highest BCUT2D eigenvalue weighted by Gasteiger charge is 2.04. The van der Waals surface area contributed by atoms with Gasteiger partial charge in [-0.2, -0.15) is 0 Å². The van der Waals surface area contributed by atoms with Gasteiger partial charge in [-0.15, -0.1) is 12.6 Å². The number of benzene rings is 1. The molecule has 2 amide bonds. The summed E-state index contributed by atoms with van der Waals surface area (Å²) in [6, 6.07) is 7.41. The zero-order valence-corrected chi connectivity index (χ0v) is 10.6. The largest absolute Gasteiger partial charge is 0.359 e. The van der Waals surface area contributed by atoms with Crippen LogP contribution in [0.25, 0.3) is 0 Å². The number of rotatable bonds is 5. The van der Waals surface area contributed by atoms with Gasteiger partial charge in [-0.1, -0.05) is 12.1 Å². The van der Waals surface area contributed by atoms with Crippen LogP contribution >= 0.6 is 12.6 Å². The Labute approximate surface area is 106 Å². The van der Waals surface area contributed by atoms with E-state index in [0.717, 1.165) is 10.5 Å². The molecule has 0 aliphatic rings. The van der Waals surface area contributed by atoms with Gasteiger partial charge in [0.25, 0.3) is 0 Å². The molecule has 1 rings (SSSR count). The standard InChI is InChI=1S/C12H16N2O2S/c1-13-11(15)6-7-14-12(16)8-9-2-4-10(17)5-3-9/h2-5,17H,6-8H2,1H3,(H,13,15)(H,14,16). The summed E-state index contributed by atoms with van der Waals surface area (Å²) in [5.41, 5.74) is 0.931. The molecule has 0 unspecified atom stereocenters. The van der Waals surface area contributed by atoms with Gasteiger partial charge in [0, 0.05) is 24.9 Å². The quantitative estimate of drug-likeness (QED) is 0.678. The zero-order valence-electron chi connectivity index (χ0n) is 9.69. The van der Waals surface area contributed by atoms with Crippen molar-refractivity contribution < 1.29 is 9.59 Å². The normalized spacial score (nSPS) is 9.76. The number of hydrogen-bond acceptors (Lipinski definition) is 3. The molecule has 0 spiro atoms. The average Bonchev–Trinajstić information content (AvgIpc) is 2.32. The molecule has 0 atom stereocenters. The Balaban J connectivity index is 2.30. The number of nitrogens with one attached hydrogen (secondary N) is 2. The summed E-state index contributed by atoms with van der Waals surface area (Å²) in [7, 11) is 1.57. The van der Waals surface area contributed by atoms with Crippen LogP contribution in [0, 0.1) is 0 Å². The summed E-state index contributed by atoms with van der Waals surface area (Å²) in [5, 5.41) is 5.19. The molecule has 0 aliphatic carbocycles. The molecule has 0 heterocycles. The van der Waals surface area contributed by atoms with E-state index in [9.17, 15) is 9.59 Å². The van der Waals surface area contributed by atoms with Crippen LogP contribution in [0.4, 0.5) is 0 Å². The lowest BCUT2D eigenvalue weighted by atomic mass is 10.1. The Morgan fingerprint density at radius 1 is 1.18 bits per heavy atom. The van der Waals surface area contributed by atoms with E-state index >= 15 is 0 Å². The van der Waals surface area contributed by atoms with Crippen molar-refractivity contribution in [2.24, 2.45) is 0 Å². The van der Waals surface area contributed by atoms with Crippen molar-refractivity contribution in [1.29, 1.82) is 0 Å². The van der Waals surface area contributed by atoms with Gasteiger partial charge in [0.2, 0.25) is 11.8 Å². The van der Waals surface area contributed by atoms with E-state index in [2.05, 4.69) is 23.3 Å². The summed E-state index contributed by atoms with van der Waals surface area (Å²) < 4.78 is 0. The summed E-state index contributed by atoms with van der Waals surface area (Å²) >= 11 is 4.17. The van der Waals surface area contributed by atoms with E-state index in [1.807, 2.05) is 24.3 Å². The first-order valence-electron chi connectivity index (χ1n) is 5.37. The van der Waals surface area contributed by atoms with Gasteiger partial charge in [-0.25, -0.2) is 0 Å². The number of thiol groups is 1. The predicted molar refractivity (Wildman–Crippen MR) is 69.1 cm³/mol. The molecule has 0 radical (unpaired) electrons. The zero-order chi connectivity index (χ0) is 12.7. The first kappa shape index (κ1) is 13.6. The fourth-order valence-corrected chi connectivity index (χ4v) is 1.45. The Kier molecular flexibility index (Phi) is 5.56. The highest BCUT2D eigenvalue weighted by atomic mass is 32.1. The number of carbonyl (C=O) groups is 2. The van der Waals surface area contributed by atoms with Gasteiger partial charge in [0.05, 0.1) is 6.42 Å². The lowest BCUT2D eigenvalue weighted by Crippen LogP contribution is -2.30. The molecule has 92 valence electrons. The first-order valence-corrected chi connectivity index (χ1v) is 5.81. The monoisotopic (exact) mass is 252 g/mol. The van der Waals surface area contributed by atoms with E-state index in [0.29, 0.717) is 19.4 Å². The molecule has 0 saturated heterocycles. The van der Waals surface area contributed by atoms with Crippen molar-refractivity contribution in [2.45, 2.75) is 17.7 Å². The third-order valence-electron chi connectivity index (χ3n) is 2.25. The molecule has 1 aromatic carbocycles. The van der Waals surface area contributed by atoms with E-state index < -0.39 is 0 Å². The third-order valence-corrected chi connectivity index (χ3v) is 2.55. The SMILES string of the molecule is CNC(=O)CCNC(=O)Cc1ccc(S)cc1. The second kappa shape index (κ2) is 6.96. The molecule has 1 aromatic rings. The van der Waals surface area contributed by atoms with Gasteiger partial charge in [-0.05, 0) is 17.7 Å². The number of amides is 2. The fourth-order valence-electron chi connectivity index (χ4n) is 1.30. The van der Waals surface area contributed by atoms with Crippen LogP contribution in [0.3, 0.4) is 0 Å². The molecular formula is C12H16N2O2S. The maximum atomic E-state index is 11.5. The molecule has 5 heteroatoms. The van der Waals surface area contributed by atoms with Gasteiger partial charge < -0.3 is 10.6 Å². The smallest absolute Gasteiger partial charge is 0.224 e. The molecular weight excluding hydrogens is 236 g/mol. The topological polar surface area (TPSA) is 58.2 Å². The molecule has 0 fully saturated rings. The van der Waals surface area contributed by atoms with Crippen LogP contribution in [0.1, 0.15) is 12.0 Å². The van der Waals surface area contributed by atoms with Crippen LogP contribution < -0.4 is 10.6 Å². The minimum absolute atomic E-state index is 0.0790. The molecule has 2 N–H and O–H groups in total. The van der Waals surface area contributed by atoms with Crippen LogP contribution in [-0.4, -0.2) is 25.4 Å². The maximum absolute atomic E-state index is 11.5. The van der Waals surface area contributed by atoms with E-state index in [1.165, 1.54) is 0 Å². The summed E-state index contributed by atoms with van der Waals surface area (Å²) in [6.45, 7) is 0.364. The van der Waals surface area contributed by atoms with E-state index in [1.54, 1.807) is 7.05 Å². The van der Waals surface area contributed by atoms with Gasteiger partial charge in [0.1, 0.15) is 0 Å². The molecule has 0 aromatic heterocycles. The number of carbonyl (C=O) groups excluding carboxylic acids is 2. The Bertz CT molecular complexity index is 390.